The van der Waals surface area contributed by atoms with Gasteiger partial charge >= 0.3 is 11.9 Å². The summed E-state index contributed by atoms with van der Waals surface area (Å²) in [4.78, 5) is 23.5. The summed E-state index contributed by atoms with van der Waals surface area (Å²) in [6.07, 6.45) is -9.87. The molecule has 33 heavy (non-hydrogen) atoms. The molecule has 1 aliphatic heterocycles. The largest absolute Gasteiger partial charge is 0.479 e. The third-order valence-corrected chi connectivity index (χ3v) is 5.15. The number of aliphatic hydroxyl groups is 6. The number of aliphatic carboxylic acids is 1. The van der Waals surface area contributed by atoms with Gasteiger partial charge in [-0.05, 0) is 30.0 Å². The van der Waals surface area contributed by atoms with Gasteiger partial charge < -0.3 is 50.0 Å². The van der Waals surface area contributed by atoms with E-state index in [0.29, 0.717) is 5.56 Å². The van der Waals surface area contributed by atoms with Crippen LogP contribution in [0.15, 0.2) is 24.3 Å². The Morgan fingerprint density at radius 3 is 2.21 bits per heavy atom. The van der Waals surface area contributed by atoms with Crippen LogP contribution < -0.4 is 4.74 Å². The zero-order chi connectivity index (χ0) is 24.9. The minimum atomic E-state index is -2.62. The van der Waals surface area contributed by atoms with E-state index in [9.17, 15) is 40.2 Å². The molecule has 12 nitrogen and oxygen atoms in total. The average Bonchev–Trinajstić information content (AvgIpc) is 2.77. The van der Waals surface area contributed by atoms with Crippen molar-refractivity contribution in [3.63, 3.8) is 0 Å². The van der Waals surface area contributed by atoms with Crippen LogP contribution in [0.5, 0.6) is 5.75 Å². The van der Waals surface area contributed by atoms with Crippen LogP contribution in [0.3, 0.4) is 0 Å². The Bertz CT molecular complexity index is 795. The van der Waals surface area contributed by atoms with E-state index < -0.39 is 61.0 Å². The molecule has 1 fully saturated rings. The fraction of sp³-hybridized carbons (Fsp3) is 0.619. The van der Waals surface area contributed by atoms with Crippen LogP contribution in [-0.4, -0.2) is 96.7 Å². The maximum atomic E-state index is 12.4. The van der Waals surface area contributed by atoms with E-state index in [-0.39, 0.29) is 24.7 Å². The lowest BCUT2D eigenvalue weighted by Gasteiger charge is -2.39. The van der Waals surface area contributed by atoms with Gasteiger partial charge in [-0.3, -0.25) is 0 Å². The quantitative estimate of drug-likeness (QED) is 0.186. The number of aliphatic hydroxyl groups excluding tert-OH is 5. The number of carbonyl (C=O) groups excluding carboxylic acids is 1. The predicted octanol–water partition coefficient (Wildman–Crippen LogP) is -1.87. The number of ether oxygens (including phenoxy) is 3. The van der Waals surface area contributed by atoms with Crippen molar-refractivity contribution >= 4 is 11.9 Å². The Kier molecular flexibility index (Phi) is 9.14. The molecule has 0 saturated carbocycles. The van der Waals surface area contributed by atoms with Gasteiger partial charge in [0.05, 0.1) is 6.61 Å². The fourth-order valence-electron chi connectivity index (χ4n) is 3.37. The van der Waals surface area contributed by atoms with Crippen LogP contribution in [0.1, 0.15) is 25.8 Å². The molecule has 1 saturated heterocycles. The predicted molar refractivity (Wildman–Crippen MR) is 109 cm³/mol. The molecule has 0 aliphatic carbocycles. The second-order valence-corrected chi connectivity index (χ2v) is 8.30. The van der Waals surface area contributed by atoms with E-state index in [4.69, 9.17) is 19.3 Å². The average molecular weight is 474 g/mol. The lowest BCUT2D eigenvalue weighted by atomic mass is 9.87. The summed E-state index contributed by atoms with van der Waals surface area (Å²) < 4.78 is 15.7. The number of carboxylic acids is 1. The van der Waals surface area contributed by atoms with Crippen LogP contribution in [0.25, 0.3) is 0 Å². The topological polar surface area (TPSA) is 203 Å². The van der Waals surface area contributed by atoms with Crippen molar-refractivity contribution in [1.82, 2.24) is 0 Å². The zero-order valence-electron chi connectivity index (χ0n) is 18.1. The summed E-state index contributed by atoms with van der Waals surface area (Å²) in [6.45, 7) is 2.34. The van der Waals surface area contributed by atoms with Gasteiger partial charge in [0.25, 0.3) is 0 Å². The van der Waals surface area contributed by atoms with Gasteiger partial charge in [0.15, 0.2) is 11.7 Å². The van der Waals surface area contributed by atoms with Crippen molar-refractivity contribution in [2.24, 2.45) is 5.92 Å². The van der Waals surface area contributed by atoms with Crippen molar-refractivity contribution < 1.29 is 59.5 Å². The standard InChI is InChI=1S/C21H30O12/c1-10(2)7-21(30,17(26)18(27)28)20(29)31-9-11-3-5-12(6-4-11)32-19-16(25)15(24)14(23)13(8-22)33-19/h3-6,10,13-17,19,22-26,30H,7-9H2,1-2H3,(H,27,28). The van der Waals surface area contributed by atoms with Gasteiger partial charge in [0, 0.05) is 0 Å². The van der Waals surface area contributed by atoms with Crippen LogP contribution in [0.4, 0.5) is 0 Å². The molecule has 7 atom stereocenters. The molecule has 0 bridgehead atoms. The van der Waals surface area contributed by atoms with E-state index in [1.54, 1.807) is 13.8 Å². The SMILES string of the molecule is CC(C)CC(O)(C(=O)OCc1ccc(OC2OC(CO)C(O)C(O)C2O)cc1)C(O)C(=O)O. The Hall–Kier alpha value is -2.32. The highest BCUT2D eigenvalue weighted by molar-refractivity contribution is 5.88. The number of carboxylic acid groups (broad SMARTS) is 1. The van der Waals surface area contributed by atoms with Gasteiger partial charge in [-0.15, -0.1) is 0 Å². The normalized spacial score (nSPS) is 28.1. The summed E-state index contributed by atoms with van der Waals surface area (Å²) in [5.41, 5.74) is -2.19. The molecule has 1 heterocycles. The molecule has 12 heteroatoms. The Morgan fingerprint density at radius 1 is 1.09 bits per heavy atom. The first-order valence-corrected chi connectivity index (χ1v) is 10.3. The maximum absolute atomic E-state index is 12.4. The molecule has 1 aromatic rings. The molecule has 2 rings (SSSR count). The lowest BCUT2D eigenvalue weighted by molar-refractivity contribution is -0.277. The van der Waals surface area contributed by atoms with Crippen molar-refractivity contribution in [2.45, 2.75) is 69.3 Å². The Morgan fingerprint density at radius 2 is 1.70 bits per heavy atom. The van der Waals surface area contributed by atoms with Gasteiger partial charge in [0.2, 0.25) is 6.29 Å². The second-order valence-electron chi connectivity index (χ2n) is 8.30. The third-order valence-electron chi connectivity index (χ3n) is 5.15. The van der Waals surface area contributed by atoms with Gasteiger partial charge in [-0.2, -0.15) is 0 Å². The smallest absolute Gasteiger partial charge is 0.341 e. The molecule has 0 radical (unpaired) electrons. The summed E-state index contributed by atoms with van der Waals surface area (Å²) in [6, 6.07) is 5.80. The first-order valence-electron chi connectivity index (χ1n) is 10.3. The Labute approximate surface area is 189 Å². The number of rotatable bonds is 10. The maximum Gasteiger partial charge on any atom is 0.341 e. The highest BCUT2D eigenvalue weighted by Crippen LogP contribution is 2.26. The first kappa shape index (κ1) is 26.9. The summed E-state index contributed by atoms with van der Waals surface area (Å²) in [5.74, 6) is -3.17. The molecule has 0 spiro atoms. The number of hydrogen-bond donors (Lipinski definition) is 7. The van der Waals surface area contributed by atoms with Gasteiger partial charge in [-0.25, -0.2) is 9.59 Å². The summed E-state index contributed by atoms with van der Waals surface area (Å²) in [7, 11) is 0. The van der Waals surface area contributed by atoms with Crippen molar-refractivity contribution in [3.05, 3.63) is 29.8 Å². The summed E-state index contributed by atoms with van der Waals surface area (Å²) >= 11 is 0. The second kappa shape index (κ2) is 11.2. The Balaban J connectivity index is 2.01. The molecular formula is C21H30O12. The summed E-state index contributed by atoms with van der Waals surface area (Å²) in [5, 5.41) is 68.1. The molecule has 1 aliphatic rings. The van der Waals surface area contributed by atoms with Crippen LogP contribution in [0, 0.1) is 5.92 Å². The van der Waals surface area contributed by atoms with Gasteiger partial charge in [-0.1, -0.05) is 26.0 Å². The van der Waals surface area contributed by atoms with Crippen LogP contribution in [-0.2, 0) is 25.7 Å². The van der Waals surface area contributed by atoms with Crippen molar-refractivity contribution in [2.75, 3.05) is 6.61 Å². The van der Waals surface area contributed by atoms with Gasteiger partial charge in [0.1, 0.15) is 36.8 Å². The minimum absolute atomic E-state index is 0.187. The van der Waals surface area contributed by atoms with Crippen molar-refractivity contribution in [3.8, 4) is 5.75 Å². The lowest BCUT2D eigenvalue weighted by Crippen LogP contribution is -2.60. The highest BCUT2D eigenvalue weighted by Gasteiger charge is 2.49. The number of esters is 1. The fourth-order valence-corrected chi connectivity index (χ4v) is 3.37. The number of carbonyl (C=O) groups is 2. The van der Waals surface area contributed by atoms with Crippen LogP contribution >= 0.6 is 0 Å². The molecule has 0 aromatic heterocycles. The number of hydrogen-bond acceptors (Lipinski definition) is 11. The molecule has 186 valence electrons. The highest BCUT2D eigenvalue weighted by atomic mass is 16.7. The molecular weight excluding hydrogens is 444 g/mol. The zero-order valence-corrected chi connectivity index (χ0v) is 18.1. The molecule has 7 unspecified atom stereocenters. The monoisotopic (exact) mass is 474 g/mol. The van der Waals surface area contributed by atoms with E-state index in [1.807, 2.05) is 0 Å². The van der Waals surface area contributed by atoms with E-state index in [1.165, 1.54) is 24.3 Å². The molecule has 7 N–H and O–H groups in total. The first-order chi connectivity index (χ1) is 15.4. The van der Waals surface area contributed by atoms with Crippen molar-refractivity contribution in [1.29, 1.82) is 0 Å². The van der Waals surface area contributed by atoms with Crippen LogP contribution in [0.2, 0.25) is 0 Å². The van der Waals surface area contributed by atoms with E-state index >= 15 is 0 Å². The number of benzene rings is 1. The van der Waals surface area contributed by atoms with E-state index in [2.05, 4.69) is 0 Å². The third kappa shape index (κ3) is 6.38. The molecule has 0 amide bonds. The van der Waals surface area contributed by atoms with E-state index in [0.717, 1.165) is 0 Å². The minimum Gasteiger partial charge on any atom is -0.479 e. The molecule has 1 aromatic carbocycles.